The van der Waals surface area contributed by atoms with E-state index in [1.54, 1.807) is 0 Å². The Bertz CT molecular complexity index is 110. The van der Waals surface area contributed by atoms with E-state index in [1.165, 1.54) is 0 Å². The molecule has 0 unspecified atom stereocenters. The molecule has 0 aromatic heterocycles. The predicted molar refractivity (Wildman–Crippen MR) is 68.0 cm³/mol. The Morgan fingerprint density at radius 2 is 1.12 bits per heavy atom. The molecule has 4 heteroatoms. The van der Waals surface area contributed by atoms with Gasteiger partial charge in [-0.25, -0.2) is 0 Å². The molecule has 4 nitrogen and oxygen atoms in total. The Balaban J connectivity index is 2.83. The molecule has 0 radical (unpaired) electrons. The van der Waals surface area contributed by atoms with Crippen molar-refractivity contribution in [2.75, 3.05) is 52.6 Å². The zero-order valence-electron chi connectivity index (χ0n) is 10.9. The molecule has 2 N–H and O–H groups in total. The van der Waals surface area contributed by atoms with Gasteiger partial charge in [0.15, 0.2) is 0 Å². The van der Waals surface area contributed by atoms with Gasteiger partial charge >= 0.3 is 0 Å². The topological polar surface area (TPSA) is 42.5 Å². The minimum absolute atomic E-state index is 0.821. The average molecular weight is 232 g/mol. The third-order valence-electron chi connectivity index (χ3n) is 2.17. The molecular weight excluding hydrogens is 204 g/mol. The second kappa shape index (κ2) is 14.8. The Hall–Kier alpha value is -0.160. The van der Waals surface area contributed by atoms with Gasteiger partial charge in [-0.2, -0.15) is 0 Å². The van der Waals surface area contributed by atoms with Crippen LogP contribution in [0.3, 0.4) is 0 Å². The van der Waals surface area contributed by atoms with Crippen molar-refractivity contribution in [2.45, 2.75) is 26.7 Å². The summed E-state index contributed by atoms with van der Waals surface area (Å²) in [5.74, 6) is 0. The summed E-state index contributed by atoms with van der Waals surface area (Å²) in [6.07, 6.45) is 2.19. The van der Waals surface area contributed by atoms with Crippen LogP contribution in [0.25, 0.3) is 0 Å². The van der Waals surface area contributed by atoms with Gasteiger partial charge in [-0.1, -0.05) is 0 Å². The minimum Gasteiger partial charge on any atom is -0.382 e. The van der Waals surface area contributed by atoms with Gasteiger partial charge in [-0.15, -0.1) is 0 Å². The van der Waals surface area contributed by atoms with E-state index < -0.39 is 0 Å². The van der Waals surface area contributed by atoms with Crippen LogP contribution >= 0.6 is 0 Å². The number of nitrogens with one attached hydrogen (secondary N) is 2. The molecule has 16 heavy (non-hydrogen) atoms. The van der Waals surface area contributed by atoms with Gasteiger partial charge in [0.2, 0.25) is 0 Å². The third-order valence-corrected chi connectivity index (χ3v) is 2.17. The lowest BCUT2D eigenvalue weighted by molar-refractivity contribution is 0.144. The predicted octanol–water partition coefficient (Wildman–Crippen LogP) is 1.02. The molecule has 0 spiro atoms. The quantitative estimate of drug-likeness (QED) is 0.465. The number of rotatable bonds is 13. The van der Waals surface area contributed by atoms with Gasteiger partial charge in [0.05, 0.1) is 0 Å². The maximum atomic E-state index is 5.25. The zero-order valence-corrected chi connectivity index (χ0v) is 10.9. The first-order valence-electron chi connectivity index (χ1n) is 6.48. The van der Waals surface area contributed by atoms with E-state index in [-0.39, 0.29) is 0 Å². The lowest BCUT2D eigenvalue weighted by atomic mass is 10.4. The van der Waals surface area contributed by atoms with E-state index in [2.05, 4.69) is 10.6 Å². The normalized spacial score (nSPS) is 10.9. The van der Waals surface area contributed by atoms with Crippen molar-refractivity contribution in [3.63, 3.8) is 0 Å². The molecule has 0 fully saturated rings. The molecule has 0 amide bonds. The first-order valence-corrected chi connectivity index (χ1v) is 6.48. The highest BCUT2D eigenvalue weighted by Crippen LogP contribution is 1.80. The fourth-order valence-corrected chi connectivity index (χ4v) is 1.31. The summed E-state index contributed by atoms with van der Waals surface area (Å²) < 4.78 is 10.5. The SMILES string of the molecule is CCOCCCNCCNCCCOCC. The van der Waals surface area contributed by atoms with E-state index in [0.717, 1.165) is 65.4 Å². The second-order valence-electron chi connectivity index (χ2n) is 3.60. The first-order chi connectivity index (χ1) is 7.91. The van der Waals surface area contributed by atoms with Crippen molar-refractivity contribution < 1.29 is 9.47 Å². The monoisotopic (exact) mass is 232 g/mol. The van der Waals surface area contributed by atoms with E-state index in [9.17, 15) is 0 Å². The largest absolute Gasteiger partial charge is 0.382 e. The molecule has 0 saturated carbocycles. The molecule has 0 aliphatic rings. The summed E-state index contributed by atoms with van der Waals surface area (Å²) in [5.41, 5.74) is 0. The van der Waals surface area contributed by atoms with Crippen molar-refractivity contribution in [2.24, 2.45) is 0 Å². The van der Waals surface area contributed by atoms with Crippen LogP contribution in [-0.2, 0) is 9.47 Å². The highest BCUT2D eigenvalue weighted by atomic mass is 16.5. The maximum absolute atomic E-state index is 5.25. The van der Waals surface area contributed by atoms with Crippen molar-refractivity contribution in [3.8, 4) is 0 Å². The lowest BCUT2D eigenvalue weighted by Gasteiger charge is -2.06. The summed E-state index contributed by atoms with van der Waals surface area (Å²) in [6, 6.07) is 0. The average Bonchev–Trinajstić information content (AvgIpc) is 2.31. The van der Waals surface area contributed by atoms with E-state index in [1.807, 2.05) is 13.8 Å². The highest BCUT2D eigenvalue weighted by Gasteiger charge is 1.90. The highest BCUT2D eigenvalue weighted by molar-refractivity contribution is 4.52. The zero-order chi connectivity index (χ0) is 11.9. The van der Waals surface area contributed by atoms with Gasteiger partial charge in [-0.05, 0) is 39.8 Å². The van der Waals surface area contributed by atoms with E-state index in [0.29, 0.717) is 0 Å². The van der Waals surface area contributed by atoms with Gasteiger partial charge in [0, 0.05) is 39.5 Å². The molecule has 0 heterocycles. The summed E-state index contributed by atoms with van der Waals surface area (Å²) in [7, 11) is 0. The Labute approximate surface area is 100 Å². The molecule has 0 aromatic rings. The molecule has 0 rings (SSSR count). The fourth-order valence-electron chi connectivity index (χ4n) is 1.31. The molecule has 0 atom stereocenters. The van der Waals surface area contributed by atoms with Crippen LogP contribution in [0.1, 0.15) is 26.7 Å². The van der Waals surface area contributed by atoms with E-state index in [4.69, 9.17) is 9.47 Å². The second-order valence-corrected chi connectivity index (χ2v) is 3.60. The van der Waals surface area contributed by atoms with Crippen molar-refractivity contribution >= 4 is 0 Å². The van der Waals surface area contributed by atoms with Gasteiger partial charge < -0.3 is 20.1 Å². The van der Waals surface area contributed by atoms with Crippen LogP contribution in [0.5, 0.6) is 0 Å². The third kappa shape index (κ3) is 13.8. The smallest absolute Gasteiger partial charge is 0.0477 e. The summed E-state index contributed by atoms with van der Waals surface area (Å²) in [5, 5.41) is 6.75. The van der Waals surface area contributed by atoms with E-state index >= 15 is 0 Å². The van der Waals surface area contributed by atoms with Crippen LogP contribution in [0.2, 0.25) is 0 Å². The van der Waals surface area contributed by atoms with Gasteiger partial charge in [0.1, 0.15) is 0 Å². The molecule has 0 aromatic carbocycles. The summed E-state index contributed by atoms with van der Waals surface area (Å²) >= 11 is 0. The fraction of sp³-hybridized carbons (Fsp3) is 1.00. The number of hydrogen-bond donors (Lipinski definition) is 2. The van der Waals surface area contributed by atoms with Crippen molar-refractivity contribution in [3.05, 3.63) is 0 Å². The maximum Gasteiger partial charge on any atom is 0.0477 e. The Kier molecular flexibility index (Phi) is 14.7. The molecule has 98 valence electrons. The summed E-state index contributed by atoms with van der Waals surface area (Å²) in [4.78, 5) is 0. The molecule has 0 aliphatic carbocycles. The van der Waals surface area contributed by atoms with Crippen molar-refractivity contribution in [1.82, 2.24) is 10.6 Å². The number of hydrogen-bond acceptors (Lipinski definition) is 4. The lowest BCUT2D eigenvalue weighted by Crippen LogP contribution is -2.29. The molecule has 0 bridgehead atoms. The standard InChI is InChI=1S/C12H28N2O2/c1-3-15-11-5-7-13-9-10-14-8-6-12-16-4-2/h13-14H,3-12H2,1-2H3. The van der Waals surface area contributed by atoms with Crippen LogP contribution in [0.15, 0.2) is 0 Å². The molecule has 0 aliphatic heterocycles. The Morgan fingerprint density at radius 1 is 0.688 bits per heavy atom. The van der Waals surface area contributed by atoms with Gasteiger partial charge in [-0.3, -0.25) is 0 Å². The van der Waals surface area contributed by atoms with Gasteiger partial charge in [0.25, 0.3) is 0 Å². The molecule has 0 saturated heterocycles. The Morgan fingerprint density at radius 3 is 1.50 bits per heavy atom. The van der Waals surface area contributed by atoms with Crippen LogP contribution in [0, 0.1) is 0 Å². The van der Waals surface area contributed by atoms with Crippen LogP contribution < -0.4 is 10.6 Å². The minimum atomic E-state index is 0.821. The van der Waals surface area contributed by atoms with Crippen LogP contribution in [0.4, 0.5) is 0 Å². The number of ether oxygens (including phenoxy) is 2. The molecular formula is C12H28N2O2. The van der Waals surface area contributed by atoms with Crippen molar-refractivity contribution in [1.29, 1.82) is 0 Å². The summed E-state index contributed by atoms with van der Waals surface area (Å²) in [6.45, 7) is 11.6. The van der Waals surface area contributed by atoms with Crippen LogP contribution in [-0.4, -0.2) is 52.6 Å². The first kappa shape index (κ1) is 15.8.